The third-order valence-electron chi connectivity index (χ3n) is 11.6. The molecule has 10 rings (SSSR count). The van der Waals surface area contributed by atoms with Crippen molar-refractivity contribution in [1.82, 2.24) is 30.4 Å². The number of benzene rings is 2. The Kier molecular flexibility index (Phi) is 9.94. The number of fused-ring (bicyclic) bond motifs is 4. The molecule has 2 amide bonds. The van der Waals surface area contributed by atoms with Crippen LogP contribution in [0, 0.1) is 0 Å². The summed E-state index contributed by atoms with van der Waals surface area (Å²) < 4.78 is 12.5. The van der Waals surface area contributed by atoms with Gasteiger partial charge in [0.25, 0.3) is 11.8 Å². The molecule has 0 spiro atoms. The van der Waals surface area contributed by atoms with Crippen LogP contribution in [0.2, 0.25) is 10.0 Å². The van der Waals surface area contributed by atoms with Gasteiger partial charge in [-0.3, -0.25) is 19.6 Å². The Morgan fingerprint density at radius 1 is 0.611 bits per heavy atom. The molecular formula is C42H44Cl2N6O4. The highest BCUT2D eigenvalue weighted by Gasteiger charge is 2.37. The maximum absolute atomic E-state index is 12.9. The third kappa shape index (κ3) is 6.82. The summed E-state index contributed by atoms with van der Waals surface area (Å²) in [6, 6.07) is 11.9. The number of aromatic nitrogens is 2. The molecule has 0 bridgehead atoms. The van der Waals surface area contributed by atoms with Crippen LogP contribution in [0.3, 0.4) is 0 Å². The summed E-state index contributed by atoms with van der Waals surface area (Å²) in [5, 5.41) is 7.93. The van der Waals surface area contributed by atoms with Gasteiger partial charge < -0.3 is 29.9 Å². The number of halogens is 2. The molecule has 2 atom stereocenters. The maximum atomic E-state index is 12.9. The minimum absolute atomic E-state index is 0.0785. The SMILES string of the molecule is O=C([C@@H]1Cc2cc(Cl)cc(-c3ccnc4c3CCC4)c2O1)N1CCNCC1.O=C([C@H]1Cc2cc(Cl)cc(-c3ccnc4c3CCC4)c2O1)N1CCNCC1. The number of hydrogen-bond donors (Lipinski definition) is 2. The van der Waals surface area contributed by atoms with Crippen molar-refractivity contribution in [3.63, 3.8) is 0 Å². The number of rotatable bonds is 4. The maximum Gasteiger partial charge on any atom is 0.264 e. The summed E-state index contributed by atoms with van der Waals surface area (Å²) in [4.78, 5) is 38.7. The Morgan fingerprint density at radius 3 is 1.46 bits per heavy atom. The van der Waals surface area contributed by atoms with Crippen molar-refractivity contribution < 1.29 is 19.1 Å². The number of carbonyl (C=O) groups excluding carboxylic acids is 2. The number of aryl methyl sites for hydroxylation is 2. The Bertz CT molecular complexity index is 1970. The second-order valence-electron chi connectivity index (χ2n) is 14.9. The predicted molar refractivity (Wildman–Crippen MR) is 209 cm³/mol. The van der Waals surface area contributed by atoms with Gasteiger partial charge in [0.15, 0.2) is 12.2 Å². The molecule has 54 heavy (non-hydrogen) atoms. The van der Waals surface area contributed by atoms with Crippen molar-refractivity contribution in [1.29, 1.82) is 0 Å². The largest absolute Gasteiger partial charge is 0.479 e. The van der Waals surface area contributed by atoms with Gasteiger partial charge in [0.1, 0.15) is 11.5 Å². The second kappa shape index (κ2) is 15.1. The lowest BCUT2D eigenvalue weighted by molar-refractivity contribution is -0.139. The Balaban J connectivity index is 0.000000142. The minimum atomic E-state index is -0.454. The molecule has 4 aromatic rings. The average Bonchev–Trinajstić information content (AvgIpc) is 4.03. The van der Waals surface area contributed by atoms with Crippen LogP contribution in [-0.4, -0.2) is 96.1 Å². The number of piperazine rings is 2. The van der Waals surface area contributed by atoms with Crippen molar-refractivity contribution in [2.45, 2.75) is 63.6 Å². The normalized spacial score (nSPS) is 20.9. The second-order valence-corrected chi connectivity index (χ2v) is 15.8. The van der Waals surface area contributed by atoms with E-state index in [2.05, 4.69) is 20.6 Å². The summed E-state index contributed by atoms with van der Waals surface area (Å²) in [5.74, 6) is 1.78. The van der Waals surface area contributed by atoms with Crippen LogP contribution in [-0.2, 0) is 48.1 Å². The number of ether oxygens (including phenoxy) is 2. The van der Waals surface area contributed by atoms with Crippen molar-refractivity contribution in [2.75, 3.05) is 52.4 Å². The first-order valence-electron chi connectivity index (χ1n) is 19.3. The lowest BCUT2D eigenvalue weighted by Crippen LogP contribution is -2.50. The standard InChI is InChI=1S/2C21H22ClN3O2/c2*22-14-10-13-11-19(21(26)25-8-6-23-7-9-25)27-20(13)17(12-14)15-4-5-24-18-3-1-2-16(15)18/h2*4-5,10,12,19,23H,1-3,6-9,11H2/t2*19-/m10/s1. The van der Waals surface area contributed by atoms with Gasteiger partial charge in [-0.05, 0) is 97.2 Å². The summed E-state index contributed by atoms with van der Waals surface area (Å²) in [6.45, 7) is 6.30. The molecule has 2 saturated heterocycles. The van der Waals surface area contributed by atoms with E-state index in [1.54, 1.807) is 0 Å². The Labute approximate surface area is 325 Å². The van der Waals surface area contributed by atoms with Crippen molar-refractivity contribution >= 4 is 35.0 Å². The third-order valence-corrected chi connectivity index (χ3v) is 12.0. The molecule has 0 saturated carbocycles. The molecule has 280 valence electrons. The number of nitrogens with zero attached hydrogens (tertiary/aromatic N) is 4. The smallest absolute Gasteiger partial charge is 0.264 e. The highest BCUT2D eigenvalue weighted by Crippen LogP contribution is 2.45. The van der Waals surface area contributed by atoms with E-state index >= 15 is 0 Å². The fourth-order valence-corrected chi connectivity index (χ4v) is 9.41. The van der Waals surface area contributed by atoms with Crippen LogP contribution in [0.4, 0.5) is 0 Å². The molecule has 2 aromatic heterocycles. The summed E-state index contributed by atoms with van der Waals surface area (Å²) in [7, 11) is 0. The van der Waals surface area contributed by atoms with E-state index in [4.69, 9.17) is 32.7 Å². The minimum Gasteiger partial charge on any atom is -0.479 e. The van der Waals surface area contributed by atoms with E-state index in [0.717, 1.165) is 136 Å². The molecule has 2 fully saturated rings. The van der Waals surface area contributed by atoms with Gasteiger partial charge in [-0.25, -0.2) is 0 Å². The number of amides is 2. The highest BCUT2D eigenvalue weighted by atomic mass is 35.5. The fraction of sp³-hybridized carbons (Fsp3) is 0.429. The fourth-order valence-electron chi connectivity index (χ4n) is 8.93. The highest BCUT2D eigenvalue weighted by molar-refractivity contribution is 6.31. The Morgan fingerprint density at radius 2 is 1.04 bits per heavy atom. The zero-order chi connectivity index (χ0) is 36.8. The van der Waals surface area contributed by atoms with Crippen molar-refractivity contribution in [3.05, 3.63) is 92.5 Å². The molecule has 2 N–H and O–H groups in total. The molecule has 6 heterocycles. The van der Waals surface area contributed by atoms with Gasteiger partial charge in [0.05, 0.1) is 0 Å². The summed E-state index contributed by atoms with van der Waals surface area (Å²) >= 11 is 12.9. The molecule has 12 heteroatoms. The first kappa shape index (κ1) is 35.5. The molecule has 2 aliphatic carbocycles. The lowest BCUT2D eigenvalue weighted by Gasteiger charge is -2.29. The zero-order valence-electron chi connectivity index (χ0n) is 30.3. The van der Waals surface area contributed by atoms with Crippen LogP contribution in [0.1, 0.15) is 46.5 Å². The van der Waals surface area contributed by atoms with Gasteiger partial charge in [-0.1, -0.05) is 23.2 Å². The van der Waals surface area contributed by atoms with E-state index in [1.165, 1.54) is 22.5 Å². The van der Waals surface area contributed by atoms with Crippen molar-refractivity contribution in [2.24, 2.45) is 0 Å². The van der Waals surface area contributed by atoms with E-state index in [0.29, 0.717) is 22.9 Å². The number of nitrogens with one attached hydrogen (secondary N) is 2. The van der Waals surface area contributed by atoms with Crippen LogP contribution in [0.15, 0.2) is 48.8 Å². The molecular weight excluding hydrogens is 723 g/mol. The van der Waals surface area contributed by atoms with Gasteiger partial charge in [0, 0.05) is 121 Å². The summed E-state index contributed by atoms with van der Waals surface area (Å²) in [5.41, 5.74) is 11.3. The van der Waals surface area contributed by atoms with E-state index in [1.807, 2.05) is 58.6 Å². The topological polar surface area (TPSA) is 109 Å². The van der Waals surface area contributed by atoms with E-state index < -0.39 is 12.2 Å². The number of carbonyl (C=O) groups is 2. The van der Waals surface area contributed by atoms with E-state index in [9.17, 15) is 9.59 Å². The van der Waals surface area contributed by atoms with E-state index in [-0.39, 0.29) is 11.8 Å². The van der Waals surface area contributed by atoms with Crippen LogP contribution in [0.5, 0.6) is 11.5 Å². The lowest BCUT2D eigenvalue weighted by atomic mass is 9.96. The zero-order valence-corrected chi connectivity index (χ0v) is 31.8. The van der Waals surface area contributed by atoms with Gasteiger partial charge in [0.2, 0.25) is 0 Å². The van der Waals surface area contributed by atoms with Crippen LogP contribution < -0.4 is 20.1 Å². The first-order valence-corrected chi connectivity index (χ1v) is 20.1. The molecule has 0 unspecified atom stereocenters. The monoisotopic (exact) mass is 766 g/mol. The molecule has 0 radical (unpaired) electrons. The molecule has 2 aromatic carbocycles. The number of hydrogen-bond acceptors (Lipinski definition) is 8. The van der Waals surface area contributed by atoms with Gasteiger partial charge in [-0.2, -0.15) is 0 Å². The molecule has 6 aliphatic rings. The van der Waals surface area contributed by atoms with Gasteiger partial charge in [-0.15, -0.1) is 0 Å². The van der Waals surface area contributed by atoms with Gasteiger partial charge >= 0.3 is 0 Å². The summed E-state index contributed by atoms with van der Waals surface area (Å²) in [6.07, 6.45) is 10.4. The quantitative estimate of drug-likeness (QED) is 0.290. The first-order chi connectivity index (χ1) is 26.4. The molecule has 4 aliphatic heterocycles. The van der Waals surface area contributed by atoms with Crippen LogP contribution >= 0.6 is 23.2 Å². The van der Waals surface area contributed by atoms with Crippen LogP contribution in [0.25, 0.3) is 22.3 Å². The average molecular weight is 768 g/mol. The van der Waals surface area contributed by atoms with Crippen molar-refractivity contribution in [3.8, 4) is 33.8 Å². The predicted octanol–water partition coefficient (Wildman–Crippen LogP) is 5.25. The molecule has 10 nitrogen and oxygen atoms in total. The Hall–Kier alpha value is -4.22. The number of pyridine rings is 2.